The number of rotatable bonds is 7. The Hall–Kier alpha value is -3.76. The summed E-state index contributed by atoms with van der Waals surface area (Å²) in [5, 5.41) is 26.7. The minimum Gasteiger partial charge on any atom is -0.452 e. The fourth-order valence-corrected chi connectivity index (χ4v) is 5.37. The zero-order chi connectivity index (χ0) is 25.0. The predicted octanol–water partition coefficient (Wildman–Crippen LogP) is 2.18. The van der Waals surface area contributed by atoms with Crippen LogP contribution in [0.1, 0.15) is 29.3 Å². The molecule has 0 unspecified atom stereocenters. The van der Waals surface area contributed by atoms with Gasteiger partial charge in [0.2, 0.25) is 0 Å². The highest BCUT2D eigenvalue weighted by Crippen LogP contribution is 2.30. The molecule has 34 heavy (non-hydrogen) atoms. The molecule has 1 saturated heterocycles. The number of anilines is 1. The number of aromatic nitrogens is 2. The number of nitro groups is 1. The third-order valence-corrected chi connectivity index (χ3v) is 7.09. The number of carbonyl (C=O) groups excluding carboxylic acids is 2. The molecule has 2 heterocycles. The molecule has 0 saturated carbocycles. The van der Waals surface area contributed by atoms with Gasteiger partial charge in [-0.1, -0.05) is 11.6 Å². The number of carbonyl (C=O) groups is 2. The van der Waals surface area contributed by atoms with Crippen LogP contribution in [0.5, 0.6) is 0 Å². The van der Waals surface area contributed by atoms with E-state index in [-0.39, 0.29) is 39.6 Å². The summed E-state index contributed by atoms with van der Waals surface area (Å²) in [5.41, 5.74) is 0.507. The summed E-state index contributed by atoms with van der Waals surface area (Å²) in [5.74, 6) is -1.61. The molecule has 1 aromatic carbocycles. The second kappa shape index (κ2) is 10.0. The molecule has 1 N–H and O–H groups in total. The summed E-state index contributed by atoms with van der Waals surface area (Å²) in [6.07, 6.45) is 2.80. The molecule has 14 heteroatoms. The first kappa shape index (κ1) is 24.9. The highest BCUT2D eigenvalue weighted by Gasteiger charge is 2.31. The van der Waals surface area contributed by atoms with Crippen LogP contribution in [0.25, 0.3) is 6.08 Å². The van der Waals surface area contributed by atoms with Gasteiger partial charge >= 0.3 is 5.97 Å². The Kier molecular flexibility index (Phi) is 7.33. The quantitative estimate of drug-likeness (QED) is 0.255. The normalized spacial score (nSPS) is 16.8. The molecule has 3 rings (SSSR count). The maximum Gasteiger partial charge on any atom is 0.331 e. The molecule has 0 radical (unpaired) electrons. The van der Waals surface area contributed by atoms with Crippen molar-refractivity contribution in [3.8, 4) is 6.07 Å². The summed E-state index contributed by atoms with van der Waals surface area (Å²) < 4.78 is 29.7. The molecule has 0 bridgehead atoms. The van der Waals surface area contributed by atoms with E-state index in [1.54, 1.807) is 13.0 Å². The van der Waals surface area contributed by atoms with Crippen molar-refractivity contribution in [2.45, 2.75) is 19.4 Å². The lowest BCUT2D eigenvalue weighted by Crippen LogP contribution is -2.20. The number of nitrogens with zero attached hydrogens (tertiary/aromatic N) is 4. The standard InChI is InChI=1S/C20H18ClN5O7S/c1-12-16(20(21)25(24-12)15-6-7-34(31,32)11-15)3-5-19(28)33-10-18(27)23-17-4-2-14(26(29)30)8-13(17)9-22/h2-5,8,15H,6-7,10-11H2,1H3,(H,23,27)/b5-3+/t15-/m1/s1. The van der Waals surface area contributed by atoms with Crippen LogP contribution in [-0.4, -0.2) is 53.1 Å². The van der Waals surface area contributed by atoms with Gasteiger partial charge in [0.15, 0.2) is 16.4 Å². The first-order valence-corrected chi connectivity index (χ1v) is 12.0. The molecule has 1 aromatic heterocycles. The third kappa shape index (κ3) is 5.77. The van der Waals surface area contributed by atoms with Crippen molar-refractivity contribution in [3.63, 3.8) is 0 Å². The second-order valence-electron chi connectivity index (χ2n) is 7.38. The Morgan fingerprint density at radius 3 is 2.82 bits per heavy atom. The average molecular weight is 508 g/mol. The van der Waals surface area contributed by atoms with Gasteiger partial charge in [0, 0.05) is 23.8 Å². The van der Waals surface area contributed by atoms with E-state index < -0.39 is 33.2 Å². The summed E-state index contributed by atoms with van der Waals surface area (Å²) in [7, 11) is -3.14. The van der Waals surface area contributed by atoms with Gasteiger partial charge in [-0.05, 0) is 25.5 Å². The monoisotopic (exact) mass is 507 g/mol. The van der Waals surface area contributed by atoms with Crippen LogP contribution in [-0.2, 0) is 24.2 Å². The predicted molar refractivity (Wildman–Crippen MR) is 121 cm³/mol. The minimum absolute atomic E-state index is 0.0356. The molecule has 2 aromatic rings. The van der Waals surface area contributed by atoms with Crippen molar-refractivity contribution in [2.75, 3.05) is 23.4 Å². The number of ether oxygens (including phenoxy) is 1. The summed E-state index contributed by atoms with van der Waals surface area (Å²) in [6, 6.07) is 4.70. The molecule has 1 amide bonds. The molecule has 0 spiro atoms. The summed E-state index contributed by atoms with van der Waals surface area (Å²) in [6.45, 7) is 0.984. The topological polar surface area (TPSA) is 174 Å². The van der Waals surface area contributed by atoms with Gasteiger partial charge in [0.1, 0.15) is 11.2 Å². The molecular weight excluding hydrogens is 490 g/mol. The third-order valence-electron chi connectivity index (χ3n) is 4.97. The number of hydrogen-bond donors (Lipinski definition) is 1. The Morgan fingerprint density at radius 2 is 2.21 bits per heavy atom. The van der Waals surface area contributed by atoms with Gasteiger partial charge in [0.05, 0.1) is 39.4 Å². The molecule has 12 nitrogen and oxygen atoms in total. The SMILES string of the molecule is Cc1nn([C@@H]2CCS(=O)(=O)C2)c(Cl)c1/C=C/C(=O)OCC(=O)Nc1ccc([N+](=O)[O-])cc1C#N. The largest absolute Gasteiger partial charge is 0.452 e. The van der Waals surface area contributed by atoms with Gasteiger partial charge in [-0.3, -0.25) is 14.9 Å². The van der Waals surface area contributed by atoms with Crippen molar-refractivity contribution in [3.05, 3.63) is 56.4 Å². The molecule has 1 aliphatic heterocycles. The maximum atomic E-state index is 12.0. The van der Waals surface area contributed by atoms with Gasteiger partial charge in [-0.2, -0.15) is 10.4 Å². The number of nitro benzene ring substituents is 1. The summed E-state index contributed by atoms with van der Waals surface area (Å²) >= 11 is 6.33. The second-order valence-corrected chi connectivity index (χ2v) is 9.97. The van der Waals surface area contributed by atoms with Crippen molar-refractivity contribution in [1.29, 1.82) is 5.26 Å². The Bertz CT molecular complexity index is 1340. The van der Waals surface area contributed by atoms with E-state index in [4.69, 9.17) is 21.6 Å². The smallest absolute Gasteiger partial charge is 0.331 e. The van der Waals surface area contributed by atoms with Crippen molar-refractivity contribution in [1.82, 2.24) is 9.78 Å². The lowest BCUT2D eigenvalue weighted by molar-refractivity contribution is -0.384. The lowest BCUT2D eigenvalue weighted by Gasteiger charge is -2.09. The van der Waals surface area contributed by atoms with E-state index in [0.29, 0.717) is 17.7 Å². The van der Waals surface area contributed by atoms with E-state index in [9.17, 15) is 28.1 Å². The fourth-order valence-electron chi connectivity index (χ4n) is 3.30. The number of non-ortho nitro benzene ring substituents is 1. The van der Waals surface area contributed by atoms with Gasteiger partial charge < -0.3 is 10.1 Å². The van der Waals surface area contributed by atoms with E-state index in [2.05, 4.69) is 10.4 Å². The Morgan fingerprint density at radius 1 is 1.47 bits per heavy atom. The number of amides is 1. The van der Waals surface area contributed by atoms with E-state index in [1.165, 1.54) is 16.8 Å². The number of esters is 1. The minimum atomic E-state index is -3.14. The van der Waals surface area contributed by atoms with Crippen molar-refractivity contribution < 1.29 is 27.7 Å². The summed E-state index contributed by atoms with van der Waals surface area (Å²) in [4.78, 5) is 34.2. The van der Waals surface area contributed by atoms with Crippen molar-refractivity contribution >= 4 is 50.8 Å². The molecule has 178 valence electrons. The number of benzene rings is 1. The molecule has 1 atom stereocenters. The first-order valence-electron chi connectivity index (χ1n) is 9.79. The zero-order valence-electron chi connectivity index (χ0n) is 17.7. The number of sulfone groups is 1. The Balaban J connectivity index is 1.59. The van der Waals surface area contributed by atoms with Gasteiger partial charge in [0.25, 0.3) is 11.6 Å². The highest BCUT2D eigenvalue weighted by atomic mass is 35.5. The lowest BCUT2D eigenvalue weighted by atomic mass is 10.1. The Labute approximate surface area is 198 Å². The number of nitrogens with one attached hydrogen (secondary N) is 1. The van der Waals surface area contributed by atoms with Gasteiger partial charge in [-0.15, -0.1) is 0 Å². The first-order chi connectivity index (χ1) is 16.0. The number of nitriles is 1. The maximum absolute atomic E-state index is 12.0. The molecule has 0 aliphatic carbocycles. The molecular formula is C20H18ClN5O7S. The number of halogens is 1. The van der Waals surface area contributed by atoms with Gasteiger partial charge in [-0.25, -0.2) is 17.9 Å². The van der Waals surface area contributed by atoms with Crippen LogP contribution in [0.2, 0.25) is 5.15 Å². The van der Waals surface area contributed by atoms with Crippen LogP contribution in [0.15, 0.2) is 24.3 Å². The van der Waals surface area contributed by atoms with E-state index >= 15 is 0 Å². The fraction of sp³-hybridized carbons (Fsp3) is 0.300. The number of aryl methyl sites for hydroxylation is 1. The van der Waals surface area contributed by atoms with Crippen LogP contribution in [0.4, 0.5) is 11.4 Å². The van der Waals surface area contributed by atoms with Crippen LogP contribution >= 0.6 is 11.6 Å². The van der Waals surface area contributed by atoms with Crippen LogP contribution in [0, 0.1) is 28.4 Å². The highest BCUT2D eigenvalue weighted by molar-refractivity contribution is 7.91. The van der Waals surface area contributed by atoms with E-state index in [0.717, 1.165) is 18.2 Å². The average Bonchev–Trinajstić information content (AvgIpc) is 3.28. The number of hydrogen-bond acceptors (Lipinski definition) is 9. The van der Waals surface area contributed by atoms with Crippen LogP contribution < -0.4 is 5.32 Å². The molecule has 1 aliphatic rings. The van der Waals surface area contributed by atoms with E-state index in [1.807, 2.05) is 0 Å². The van der Waals surface area contributed by atoms with Crippen molar-refractivity contribution in [2.24, 2.45) is 0 Å². The van der Waals surface area contributed by atoms with Crippen LogP contribution in [0.3, 0.4) is 0 Å². The zero-order valence-corrected chi connectivity index (χ0v) is 19.3. The molecule has 1 fully saturated rings.